The number of amides is 1. The number of likely N-dealkylation sites (tertiary alicyclic amines) is 1. The van der Waals surface area contributed by atoms with Crippen molar-refractivity contribution in [1.29, 1.82) is 0 Å². The van der Waals surface area contributed by atoms with Gasteiger partial charge in [-0.2, -0.15) is 0 Å². The first-order valence-corrected chi connectivity index (χ1v) is 13.3. The van der Waals surface area contributed by atoms with Crippen LogP contribution < -0.4 is 10.6 Å². The predicted octanol–water partition coefficient (Wildman–Crippen LogP) is 3.56. The SMILES string of the molecule is CC(C)(C)OC(=O)CCN1C[C@@H]2C[C@H]3CN[C@]2(C(=O)NCc2ccccc2)C1[C@@H]3Cc1ccccc1. The van der Waals surface area contributed by atoms with Gasteiger partial charge in [0.1, 0.15) is 11.1 Å². The van der Waals surface area contributed by atoms with Crippen LogP contribution in [-0.2, 0) is 27.3 Å². The van der Waals surface area contributed by atoms with Crippen molar-refractivity contribution in [2.45, 2.75) is 63.8 Å². The van der Waals surface area contributed by atoms with E-state index in [-0.39, 0.29) is 23.8 Å². The quantitative estimate of drug-likeness (QED) is 0.555. The number of benzene rings is 2. The molecule has 0 aromatic heterocycles. The Hall–Kier alpha value is -2.70. The van der Waals surface area contributed by atoms with Crippen LogP contribution in [0.5, 0.6) is 0 Å². The lowest BCUT2D eigenvalue weighted by Crippen LogP contribution is -2.76. The number of nitrogens with one attached hydrogen (secondary N) is 2. The molecule has 4 bridgehead atoms. The molecule has 1 aliphatic carbocycles. The lowest BCUT2D eigenvalue weighted by molar-refractivity contribution is -0.155. The summed E-state index contributed by atoms with van der Waals surface area (Å²) < 4.78 is 5.59. The van der Waals surface area contributed by atoms with Crippen LogP contribution >= 0.6 is 0 Å². The Morgan fingerprint density at radius 2 is 1.72 bits per heavy atom. The average Bonchev–Trinajstić information content (AvgIpc) is 3.12. The molecule has 2 N–H and O–H groups in total. The van der Waals surface area contributed by atoms with E-state index in [9.17, 15) is 9.59 Å². The zero-order chi connectivity index (χ0) is 25.3. The van der Waals surface area contributed by atoms with Crippen LogP contribution in [0.4, 0.5) is 0 Å². The minimum absolute atomic E-state index is 0.0495. The summed E-state index contributed by atoms with van der Waals surface area (Å²) in [6.07, 6.45) is 2.33. The van der Waals surface area contributed by atoms with Crippen molar-refractivity contribution in [2.75, 3.05) is 19.6 Å². The number of hydrogen-bond acceptors (Lipinski definition) is 5. The van der Waals surface area contributed by atoms with E-state index in [0.717, 1.165) is 31.5 Å². The number of hydrogen-bond donors (Lipinski definition) is 2. The van der Waals surface area contributed by atoms with E-state index in [1.165, 1.54) is 5.56 Å². The van der Waals surface area contributed by atoms with Gasteiger partial charge in [0.05, 0.1) is 6.42 Å². The predicted molar refractivity (Wildman–Crippen MR) is 140 cm³/mol. The molecule has 36 heavy (non-hydrogen) atoms. The second-order valence-electron chi connectivity index (χ2n) is 11.7. The highest BCUT2D eigenvalue weighted by atomic mass is 16.6. The third-order valence-electron chi connectivity index (χ3n) is 8.22. The molecule has 6 nitrogen and oxygen atoms in total. The molecular formula is C30H39N3O3. The molecule has 6 heteroatoms. The number of fused-ring (bicyclic) bond motifs is 1. The van der Waals surface area contributed by atoms with Crippen molar-refractivity contribution in [3.8, 4) is 0 Å². The van der Waals surface area contributed by atoms with Crippen LogP contribution in [0, 0.1) is 17.8 Å². The third-order valence-corrected chi connectivity index (χ3v) is 8.22. The minimum atomic E-state index is -0.628. The van der Waals surface area contributed by atoms with Gasteiger partial charge < -0.3 is 15.4 Å². The maximum atomic E-state index is 14.0. The van der Waals surface area contributed by atoms with Gasteiger partial charge >= 0.3 is 5.97 Å². The molecule has 2 aromatic carbocycles. The highest BCUT2D eigenvalue weighted by molar-refractivity contribution is 5.89. The molecule has 3 aliphatic heterocycles. The third kappa shape index (κ3) is 4.94. The van der Waals surface area contributed by atoms with Gasteiger partial charge in [-0.1, -0.05) is 60.7 Å². The molecule has 1 unspecified atom stereocenters. The normalized spacial score (nSPS) is 29.2. The number of nitrogens with zero attached hydrogens (tertiary/aromatic N) is 1. The van der Waals surface area contributed by atoms with Gasteiger partial charge in [-0.3, -0.25) is 14.5 Å². The summed E-state index contributed by atoms with van der Waals surface area (Å²) in [4.78, 5) is 29.0. The van der Waals surface area contributed by atoms with E-state index in [0.29, 0.717) is 31.3 Å². The largest absolute Gasteiger partial charge is 0.460 e. The standard InChI is InChI=1S/C30H39N3O3/c1-29(2,3)36-26(34)14-15-33-20-24-17-23-19-32-30(24,28(35)31-18-22-12-8-5-9-13-22)27(33)25(23)16-21-10-6-4-7-11-21/h4-13,23-25,27,32H,14-20H2,1-3H3,(H,31,35)/t23-,24-,25+,27?,30-/m0/s1. The molecule has 6 rings (SSSR count). The summed E-state index contributed by atoms with van der Waals surface area (Å²) in [6, 6.07) is 20.7. The number of rotatable bonds is 8. The van der Waals surface area contributed by atoms with Gasteiger partial charge in [-0.05, 0) is 63.1 Å². The van der Waals surface area contributed by atoms with E-state index in [4.69, 9.17) is 4.74 Å². The summed E-state index contributed by atoms with van der Waals surface area (Å²) in [5.74, 6) is 1.04. The Labute approximate surface area is 214 Å². The van der Waals surface area contributed by atoms with Gasteiger partial charge in [-0.25, -0.2) is 0 Å². The van der Waals surface area contributed by atoms with Crippen molar-refractivity contribution in [1.82, 2.24) is 15.5 Å². The van der Waals surface area contributed by atoms with Crippen molar-refractivity contribution in [3.05, 3.63) is 71.8 Å². The second kappa shape index (κ2) is 9.98. The van der Waals surface area contributed by atoms with Crippen molar-refractivity contribution < 1.29 is 14.3 Å². The highest BCUT2D eigenvalue weighted by Crippen LogP contribution is 2.53. The lowest BCUT2D eigenvalue weighted by Gasteiger charge is -2.56. The summed E-state index contributed by atoms with van der Waals surface area (Å²) in [5.41, 5.74) is 1.29. The molecule has 1 amide bonds. The van der Waals surface area contributed by atoms with Gasteiger partial charge in [0.25, 0.3) is 0 Å². The first kappa shape index (κ1) is 25.0. The molecule has 0 spiro atoms. The fourth-order valence-corrected chi connectivity index (χ4v) is 6.87. The fraction of sp³-hybridized carbons (Fsp3) is 0.533. The topological polar surface area (TPSA) is 70.7 Å². The highest BCUT2D eigenvalue weighted by Gasteiger charge is 2.67. The zero-order valence-electron chi connectivity index (χ0n) is 21.7. The van der Waals surface area contributed by atoms with Crippen LogP contribution in [0.2, 0.25) is 0 Å². The first-order valence-electron chi connectivity index (χ1n) is 13.3. The van der Waals surface area contributed by atoms with Crippen molar-refractivity contribution in [3.63, 3.8) is 0 Å². The Kier molecular flexibility index (Phi) is 6.92. The molecule has 192 valence electrons. The summed E-state index contributed by atoms with van der Waals surface area (Å²) in [7, 11) is 0. The number of piperidine rings is 2. The Balaban J connectivity index is 1.39. The van der Waals surface area contributed by atoms with E-state index in [2.05, 4.69) is 45.9 Å². The molecule has 4 fully saturated rings. The van der Waals surface area contributed by atoms with E-state index >= 15 is 0 Å². The van der Waals surface area contributed by atoms with Crippen LogP contribution in [-0.4, -0.2) is 53.6 Å². The molecule has 2 aromatic rings. The average molecular weight is 490 g/mol. The molecule has 0 radical (unpaired) electrons. The van der Waals surface area contributed by atoms with Crippen molar-refractivity contribution >= 4 is 11.9 Å². The summed E-state index contributed by atoms with van der Waals surface area (Å²) >= 11 is 0. The number of carbonyl (C=O) groups excluding carboxylic acids is 2. The zero-order valence-corrected chi connectivity index (χ0v) is 21.7. The van der Waals surface area contributed by atoms with Crippen LogP contribution in [0.1, 0.15) is 44.7 Å². The van der Waals surface area contributed by atoms with E-state index in [1.807, 2.05) is 51.1 Å². The van der Waals surface area contributed by atoms with Crippen LogP contribution in [0.3, 0.4) is 0 Å². The second-order valence-corrected chi connectivity index (χ2v) is 11.7. The number of esters is 1. The fourth-order valence-electron chi connectivity index (χ4n) is 6.87. The number of ether oxygens (including phenoxy) is 1. The Morgan fingerprint density at radius 3 is 2.39 bits per heavy atom. The minimum Gasteiger partial charge on any atom is -0.460 e. The van der Waals surface area contributed by atoms with Crippen molar-refractivity contribution in [2.24, 2.45) is 17.8 Å². The number of carbonyl (C=O) groups is 2. The maximum Gasteiger partial charge on any atom is 0.307 e. The Morgan fingerprint density at radius 1 is 1.06 bits per heavy atom. The van der Waals surface area contributed by atoms with Gasteiger partial charge in [0.2, 0.25) is 5.91 Å². The lowest BCUT2D eigenvalue weighted by atomic mass is 9.58. The van der Waals surface area contributed by atoms with Crippen LogP contribution in [0.15, 0.2) is 60.7 Å². The molecule has 5 atom stereocenters. The molecule has 4 aliphatic rings. The van der Waals surface area contributed by atoms with E-state index in [1.54, 1.807) is 0 Å². The molecular weight excluding hydrogens is 450 g/mol. The first-order chi connectivity index (χ1) is 17.3. The van der Waals surface area contributed by atoms with Gasteiger partial charge in [0, 0.05) is 31.6 Å². The van der Waals surface area contributed by atoms with Crippen LogP contribution in [0.25, 0.3) is 0 Å². The Bertz CT molecular complexity index is 1070. The monoisotopic (exact) mass is 489 g/mol. The molecule has 1 saturated carbocycles. The van der Waals surface area contributed by atoms with E-state index < -0.39 is 11.1 Å². The maximum absolute atomic E-state index is 14.0. The van der Waals surface area contributed by atoms with Gasteiger partial charge in [0.15, 0.2) is 0 Å². The molecule has 3 heterocycles. The summed E-state index contributed by atoms with van der Waals surface area (Å²) in [6.45, 7) is 8.54. The summed E-state index contributed by atoms with van der Waals surface area (Å²) in [5, 5.41) is 7.00. The smallest absolute Gasteiger partial charge is 0.307 e. The van der Waals surface area contributed by atoms with Gasteiger partial charge in [-0.15, -0.1) is 0 Å². The molecule has 3 saturated heterocycles.